The van der Waals surface area contributed by atoms with Gasteiger partial charge in [-0.2, -0.15) is 0 Å². The number of ether oxygens (including phenoxy) is 2. The van der Waals surface area contributed by atoms with E-state index in [9.17, 15) is 5.11 Å². The van der Waals surface area contributed by atoms with Crippen LogP contribution in [-0.4, -0.2) is 50.2 Å². The molecule has 3 unspecified atom stereocenters. The summed E-state index contributed by atoms with van der Waals surface area (Å²) in [6.45, 7) is 8.33. The maximum atomic E-state index is 10.1. The number of aliphatic hydroxyl groups is 1. The van der Waals surface area contributed by atoms with E-state index in [4.69, 9.17) is 9.47 Å². The molecule has 1 saturated carbocycles. The van der Waals surface area contributed by atoms with Gasteiger partial charge in [0.1, 0.15) is 0 Å². The van der Waals surface area contributed by atoms with Crippen molar-refractivity contribution in [3.63, 3.8) is 0 Å². The minimum absolute atomic E-state index is 0.316. The van der Waals surface area contributed by atoms with E-state index < -0.39 is 6.10 Å². The van der Waals surface area contributed by atoms with Crippen molar-refractivity contribution in [1.82, 2.24) is 5.32 Å². The molecule has 4 nitrogen and oxygen atoms in total. The molecule has 2 N–H and O–H groups in total. The number of rotatable bonds is 7. The van der Waals surface area contributed by atoms with Gasteiger partial charge < -0.3 is 19.9 Å². The third-order valence-corrected chi connectivity index (χ3v) is 5.17. The third kappa shape index (κ3) is 5.85. The Bertz CT molecular complexity index is 292. The summed E-state index contributed by atoms with van der Waals surface area (Å²) in [5.41, 5.74) is 0.316. The standard InChI is InChI=1S/C17H33NO3/c1-14-5-3-4-6-16(14)21-12-15(19)11-18-13-17(2)7-9-20-10-8-17/h14-16,18-19H,3-13H2,1-2H3. The van der Waals surface area contributed by atoms with Gasteiger partial charge in [-0.05, 0) is 37.0 Å². The molecule has 0 aromatic heterocycles. The Morgan fingerprint density at radius 2 is 2.00 bits per heavy atom. The molecular weight excluding hydrogens is 266 g/mol. The number of aliphatic hydroxyl groups excluding tert-OH is 1. The highest BCUT2D eigenvalue weighted by atomic mass is 16.5. The first-order chi connectivity index (χ1) is 10.1. The van der Waals surface area contributed by atoms with E-state index in [1.165, 1.54) is 19.3 Å². The van der Waals surface area contributed by atoms with Crippen LogP contribution in [0.3, 0.4) is 0 Å². The highest BCUT2D eigenvalue weighted by molar-refractivity contribution is 4.80. The van der Waals surface area contributed by atoms with Crippen molar-refractivity contribution >= 4 is 0 Å². The van der Waals surface area contributed by atoms with E-state index in [1.54, 1.807) is 0 Å². The minimum Gasteiger partial charge on any atom is -0.389 e. The van der Waals surface area contributed by atoms with E-state index in [1.807, 2.05) is 0 Å². The van der Waals surface area contributed by atoms with Gasteiger partial charge in [0.25, 0.3) is 0 Å². The summed E-state index contributed by atoms with van der Waals surface area (Å²) in [6, 6.07) is 0. The second-order valence-corrected chi connectivity index (χ2v) is 7.34. The van der Waals surface area contributed by atoms with E-state index in [2.05, 4.69) is 19.2 Å². The summed E-state index contributed by atoms with van der Waals surface area (Å²) in [5.74, 6) is 0.639. The number of hydrogen-bond donors (Lipinski definition) is 2. The molecule has 0 amide bonds. The smallest absolute Gasteiger partial charge is 0.0897 e. The second kappa shape index (κ2) is 8.47. The molecular formula is C17H33NO3. The topological polar surface area (TPSA) is 50.7 Å². The fourth-order valence-electron chi connectivity index (χ4n) is 3.40. The lowest BCUT2D eigenvalue weighted by Crippen LogP contribution is -2.41. The van der Waals surface area contributed by atoms with Gasteiger partial charge >= 0.3 is 0 Å². The predicted molar refractivity (Wildman–Crippen MR) is 84.4 cm³/mol. The van der Waals surface area contributed by atoms with Crippen molar-refractivity contribution in [3.05, 3.63) is 0 Å². The molecule has 1 aliphatic heterocycles. The Kier molecular flexibility index (Phi) is 6.93. The van der Waals surface area contributed by atoms with Crippen LogP contribution in [0.4, 0.5) is 0 Å². The third-order valence-electron chi connectivity index (χ3n) is 5.17. The first kappa shape index (κ1) is 17.2. The molecule has 2 rings (SSSR count). The van der Waals surface area contributed by atoms with Crippen molar-refractivity contribution in [1.29, 1.82) is 0 Å². The molecule has 0 aromatic rings. The molecule has 2 aliphatic rings. The van der Waals surface area contributed by atoms with E-state index in [0.717, 1.165) is 39.0 Å². The summed E-state index contributed by atoms with van der Waals surface area (Å²) < 4.78 is 11.3. The van der Waals surface area contributed by atoms with Crippen LogP contribution in [0.2, 0.25) is 0 Å². The fraction of sp³-hybridized carbons (Fsp3) is 1.00. The van der Waals surface area contributed by atoms with E-state index >= 15 is 0 Å². The van der Waals surface area contributed by atoms with Crippen molar-refractivity contribution in [2.45, 2.75) is 64.6 Å². The molecule has 0 bridgehead atoms. The SMILES string of the molecule is CC1CCCCC1OCC(O)CNCC1(C)CCOCC1. The van der Waals surface area contributed by atoms with Crippen LogP contribution in [0, 0.1) is 11.3 Å². The van der Waals surface area contributed by atoms with Crippen molar-refractivity contribution in [3.8, 4) is 0 Å². The van der Waals surface area contributed by atoms with Crippen molar-refractivity contribution < 1.29 is 14.6 Å². The van der Waals surface area contributed by atoms with Crippen LogP contribution in [0.1, 0.15) is 52.4 Å². The predicted octanol–water partition coefficient (Wildman–Crippen LogP) is 2.35. The molecule has 2 fully saturated rings. The van der Waals surface area contributed by atoms with Crippen molar-refractivity contribution in [2.75, 3.05) is 32.9 Å². The molecule has 124 valence electrons. The molecule has 0 aromatic carbocycles. The van der Waals surface area contributed by atoms with Crippen LogP contribution in [0.15, 0.2) is 0 Å². The second-order valence-electron chi connectivity index (χ2n) is 7.34. The maximum absolute atomic E-state index is 10.1. The largest absolute Gasteiger partial charge is 0.389 e. The quantitative estimate of drug-likeness (QED) is 0.757. The number of nitrogens with one attached hydrogen (secondary N) is 1. The van der Waals surface area contributed by atoms with Crippen LogP contribution >= 0.6 is 0 Å². The molecule has 1 aliphatic carbocycles. The van der Waals surface area contributed by atoms with Gasteiger partial charge in [0.05, 0.1) is 18.8 Å². The van der Waals surface area contributed by atoms with Gasteiger partial charge in [-0.1, -0.05) is 26.7 Å². The Balaban J connectivity index is 1.57. The van der Waals surface area contributed by atoms with E-state index in [0.29, 0.717) is 30.6 Å². The number of hydrogen-bond acceptors (Lipinski definition) is 4. The maximum Gasteiger partial charge on any atom is 0.0897 e. The first-order valence-corrected chi connectivity index (χ1v) is 8.67. The lowest BCUT2D eigenvalue weighted by atomic mass is 9.82. The van der Waals surface area contributed by atoms with Crippen LogP contribution in [0.25, 0.3) is 0 Å². The average Bonchev–Trinajstić information content (AvgIpc) is 2.47. The zero-order valence-electron chi connectivity index (χ0n) is 13.8. The van der Waals surface area contributed by atoms with Gasteiger partial charge in [-0.25, -0.2) is 0 Å². The summed E-state index contributed by atoms with van der Waals surface area (Å²) in [7, 11) is 0. The van der Waals surface area contributed by atoms with E-state index in [-0.39, 0.29) is 0 Å². The first-order valence-electron chi connectivity index (χ1n) is 8.67. The Morgan fingerprint density at radius 1 is 1.29 bits per heavy atom. The zero-order valence-corrected chi connectivity index (χ0v) is 13.8. The minimum atomic E-state index is -0.400. The fourth-order valence-corrected chi connectivity index (χ4v) is 3.40. The molecule has 0 spiro atoms. The molecule has 21 heavy (non-hydrogen) atoms. The highest BCUT2D eigenvalue weighted by Crippen LogP contribution is 2.28. The Morgan fingerprint density at radius 3 is 2.71 bits per heavy atom. The Labute approximate surface area is 129 Å². The molecule has 4 heteroatoms. The van der Waals surface area contributed by atoms with Gasteiger partial charge in [0, 0.05) is 26.3 Å². The molecule has 0 radical (unpaired) electrons. The summed E-state index contributed by atoms with van der Waals surface area (Å²) in [6.07, 6.45) is 7.16. The normalized spacial score (nSPS) is 31.0. The molecule has 1 heterocycles. The molecule has 3 atom stereocenters. The summed E-state index contributed by atoms with van der Waals surface area (Å²) in [4.78, 5) is 0. The van der Waals surface area contributed by atoms with Crippen LogP contribution < -0.4 is 5.32 Å². The van der Waals surface area contributed by atoms with Gasteiger partial charge in [-0.15, -0.1) is 0 Å². The lowest BCUT2D eigenvalue weighted by Gasteiger charge is -2.34. The monoisotopic (exact) mass is 299 g/mol. The Hall–Kier alpha value is -0.160. The van der Waals surface area contributed by atoms with Gasteiger partial charge in [0.15, 0.2) is 0 Å². The van der Waals surface area contributed by atoms with Crippen LogP contribution in [-0.2, 0) is 9.47 Å². The van der Waals surface area contributed by atoms with Crippen molar-refractivity contribution in [2.24, 2.45) is 11.3 Å². The zero-order chi connectivity index (χ0) is 15.1. The lowest BCUT2D eigenvalue weighted by molar-refractivity contribution is -0.0461. The van der Waals surface area contributed by atoms with Gasteiger partial charge in [0.2, 0.25) is 0 Å². The molecule has 1 saturated heterocycles. The summed E-state index contributed by atoms with van der Waals surface area (Å²) in [5, 5.41) is 13.5. The van der Waals surface area contributed by atoms with Crippen LogP contribution in [0.5, 0.6) is 0 Å². The highest BCUT2D eigenvalue weighted by Gasteiger charge is 2.27. The summed E-state index contributed by atoms with van der Waals surface area (Å²) >= 11 is 0. The van der Waals surface area contributed by atoms with Gasteiger partial charge in [-0.3, -0.25) is 0 Å². The average molecular weight is 299 g/mol.